The van der Waals surface area contributed by atoms with Crippen LogP contribution in [0.15, 0.2) is 0 Å². The van der Waals surface area contributed by atoms with Crippen LogP contribution < -0.4 is 10.6 Å². The van der Waals surface area contributed by atoms with E-state index >= 15 is 0 Å². The summed E-state index contributed by atoms with van der Waals surface area (Å²) in [5, 5.41) is 7.01. The van der Waals surface area contributed by atoms with Gasteiger partial charge in [-0.25, -0.2) is 0 Å². The van der Waals surface area contributed by atoms with Crippen molar-refractivity contribution in [3.8, 4) is 0 Å². The van der Waals surface area contributed by atoms with Gasteiger partial charge < -0.3 is 10.6 Å². The van der Waals surface area contributed by atoms with Crippen LogP contribution >= 0.6 is 0 Å². The van der Waals surface area contributed by atoms with Crippen LogP contribution in [0.5, 0.6) is 0 Å². The number of hydrogen-bond acceptors (Lipinski definition) is 2. The molecule has 0 aliphatic carbocycles. The summed E-state index contributed by atoms with van der Waals surface area (Å²) >= 11 is 0. The van der Waals surface area contributed by atoms with Gasteiger partial charge in [-0.1, -0.05) is 13.8 Å². The molecule has 1 fully saturated rings. The highest BCUT2D eigenvalue weighted by Gasteiger charge is 2.15. The lowest BCUT2D eigenvalue weighted by Crippen LogP contribution is -2.53. The van der Waals surface area contributed by atoms with E-state index in [0.29, 0.717) is 12.1 Å². The zero-order valence-electron chi connectivity index (χ0n) is 6.98. The van der Waals surface area contributed by atoms with Gasteiger partial charge in [0.25, 0.3) is 0 Å². The van der Waals surface area contributed by atoms with Crippen molar-refractivity contribution >= 4 is 0 Å². The molecular weight excluding hydrogens is 124 g/mol. The maximum absolute atomic E-state index is 3.51. The van der Waals surface area contributed by atoms with Gasteiger partial charge in [-0.2, -0.15) is 0 Å². The average molecular weight is 142 g/mol. The lowest BCUT2D eigenvalue weighted by molar-refractivity contribution is 0.334. The highest BCUT2D eigenvalue weighted by Crippen LogP contribution is 1.99. The zero-order chi connectivity index (χ0) is 7.40. The van der Waals surface area contributed by atoms with Gasteiger partial charge in [-0.3, -0.25) is 0 Å². The SMILES string of the molecule is CC[C@@H]1CN[C@H](CC)CN1. The molecule has 1 aliphatic heterocycles. The Morgan fingerprint density at radius 1 is 1.00 bits per heavy atom. The standard InChI is InChI=1S/C8H18N2/c1-3-7-5-10-8(4-2)6-9-7/h7-10H,3-6H2,1-2H3/t7-,8-/m1/s1. The molecule has 2 heteroatoms. The van der Waals surface area contributed by atoms with E-state index in [-0.39, 0.29) is 0 Å². The third-order valence-electron chi connectivity index (χ3n) is 2.29. The first-order valence-electron chi connectivity index (χ1n) is 4.33. The fourth-order valence-corrected chi connectivity index (χ4v) is 1.34. The Kier molecular flexibility index (Phi) is 3.16. The first kappa shape index (κ1) is 8.02. The molecule has 1 aliphatic rings. The minimum atomic E-state index is 0.711. The highest BCUT2D eigenvalue weighted by atomic mass is 15.1. The molecule has 0 bridgehead atoms. The molecule has 0 amide bonds. The minimum Gasteiger partial charge on any atom is -0.311 e. The first-order valence-corrected chi connectivity index (χ1v) is 4.33. The largest absolute Gasteiger partial charge is 0.311 e. The predicted molar refractivity (Wildman–Crippen MR) is 44.2 cm³/mol. The van der Waals surface area contributed by atoms with Gasteiger partial charge in [-0.05, 0) is 12.8 Å². The minimum absolute atomic E-state index is 0.711. The Morgan fingerprint density at radius 2 is 1.40 bits per heavy atom. The molecule has 1 heterocycles. The van der Waals surface area contributed by atoms with Crippen molar-refractivity contribution in [3.05, 3.63) is 0 Å². The van der Waals surface area contributed by atoms with Gasteiger partial charge in [0.1, 0.15) is 0 Å². The molecule has 1 rings (SSSR count). The van der Waals surface area contributed by atoms with Gasteiger partial charge >= 0.3 is 0 Å². The lowest BCUT2D eigenvalue weighted by atomic mass is 10.1. The summed E-state index contributed by atoms with van der Waals surface area (Å²) in [5.74, 6) is 0. The number of nitrogens with one attached hydrogen (secondary N) is 2. The van der Waals surface area contributed by atoms with E-state index in [1.165, 1.54) is 12.8 Å². The smallest absolute Gasteiger partial charge is 0.0190 e. The van der Waals surface area contributed by atoms with Crippen molar-refractivity contribution < 1.29 is 0 Å². The van der Waals surface area contributed by atoms with Crippen LogP contribution in [-0.4, -0.2) is 25.2 Å². The first-order chi connectivity index (χ1) is 4.86. The van der Waals surface area contributed by atoms with Crippen molar-refractivity contribution in [2.24, 2.45) is 0 Å². The number of hydrogen-bond donors (Lipinski definition) is 2. The van der Waals surface area contributed by atoms with E-state index in [9.17, 15) is 0 Å². The topological polar surface area (TPSA) is 24.1 Å². The summed E-state index contributed by atoms with van der Waals surface area (Å²) in [4.78, 5) is 0. The van der Waals surface area contributed by atoms with E-state index < -0.39 is 0 Å². The Bertz CT molecular complexity index is 73.3. The third-order valence-corrected chi connectivity index (χ3v) is 2.29. The molecule has 0 unspecified atom stereocenters. The maximum atomic E-state index is 3.51. The maximum Gasteiger partial charge on any atom is 0.0190 e. The Hall–Kier alpha value is -0.0800. The Labute approximate surface area is 63.4 Å². The lowest BCUT2D eigenvalue weighted by Gasteiger charge is -2.29. The van der Waals surface area contributed by atoms with E-state index in [2.05, 4.69) is 24.5 Å². The molecule has 0 aromatic rings. The van der Waals surface area contributed by atoms with Crippen molar-refractivity contribution in [3.63, 3.8) is 0 Å². The normalized spacial score (nSPS) is 34.2. The Morgan fingerprint density at radius 3 is 1.60 bits per heavy atom. The molecule has 0 aromatic heterocycles. The van der Waals surface area contributed by atoms with Crippen molar-refractivity contribution in [2.45, 2.75) is 38.8 Å². The summed E-state index contributed by atoms with van der Waals surface area (Å²) in [6.07, 6.45) is 2.48. The van der Waals surface area contributed by atoms with Crippen LogP contribution in [0.2, 0.25) is 0 Å². The van der Waals surface area contributed by atoms with Crippen LogP contribution in [0, 0.1) is 0 Å². The van der Waals surface area contributed by atoms with E-state index in [1.807, 2.05) is 0 Å². The third kappa shape index (κ3) is 1.96. The molecule has 0 saturated carbocycles. The quantitative estimate of drug-likeness (QED) is 0.594. The van der Waals surface area contributed by atoms with Crippen LogP contribution in [0.25, 0.3) is 0 Å². The van der Waals surface area contributed by atoms with Gasteiger partial charge in [0.15, 0.2) is 0 Å². The van der Waals surface area contributed by atoms with Crippen LogP contribution in [-0.2, 0) is 0 Å². The molecule has 0 aromatic carbocycles. The molecule has 10 heavy (non-hydrogen) atoms. The van der Waals surface area contributed by atoms with Crippen molar-refractivity contribution in [1.29, 1.82) is 0 Å². The average Bonchev–Trinajstić information content (AvgIpc) is 2.05. The predicted octanol–water partition coefficient (Wildman–Crippen LogP) is 0.736. The van der Waals surface area contributed by atoms with Crippen molar-refractivity contribution in [1.82, 2.24) is 10.6 Å². The van der Waals surface area contributed by atoms with E-state index in [1.54, 1.807) is 0 Å². The van der Waals surface area contributed by atoms with E-state index in [4.69, 9.17) is 0 Å². The molecule has 2 N–H and O–H groups in total. The van der Waals surface area contributed by atoms with Gasteiger partial charge in [0, 0.05) is 25.2 Å². The second-order valence-corrected chi connectivity index (χ2v) is 3.03. The fourth-order valence-electron chi connectivity index (χ4n) is 1.34. The molecule has 60 valence electrons. The molecule has 2 atom stereocenters. The van der Waals surface area contributed by atoms with Gasteiger partial charge in [0.05, 0.1) is 0 Å². The van der Waals surface area contributed by atoms with E-state index in [0.717, 1.165) is 13.1 Å². The zero-order valence-corrected chi connectivity index (χ0v) is 6.98. The second-order valence-electron chi connectivity index (χ2n) is 3.03. The van der Waals surface area contributed by atoms with Crippen LogP contribution in [0.4, 0.5) is 0 Å². The van der Waals surface area contributed by atoms with Crippen LogP contribution in [0.3, 0.4) is 0 Å². The second kappa shape index (κ2) is 3.94. The Balaban J connectivity index is 2.17. The van der Waals surface area contributed by atoms with Gasteiger partial charge in [0.2, 0.25) is 0 Å². The summed E-state index contributed by atoms with van der Waals surface area (Å²) in [6.45, 7) is 6.75. The molecule has 0 radical (unpaired) electrons. The summed E-state index contributed by atoms with van der Waals surface area (Å²) in [7, 11) is 0. The molecular formula is C8H18N2. The monoisotopic (exact) mass is 142 g/mol. The number of piperazine rings is 1. The van der Waals surface area contributed by atoms with Crippen molar-refractivity contribution in [2.75, 3.05) is 13.1 Å². The summed E-state index contributed by atoms with van der Waals surface area (Å²) in [5.41, 5.74) is 0. The highest BCUT2D eigenvalue weighted by molar-refractivity contribution is 4.80. The molecule has 1 saturated heterocycles. The molecule has 2 nitrogen and oxygen atoms in total. The van der Waals surface area contributed by atoms with Crippen LogP contribution in [0.1, 0.15) is 26.7 Å². The summed E-state index contributed by atoms with van der Waals surface area (Å²) in [6, 6.07) is 1.42. The summed E-state index contributed by atoms with van der Waals surface area (Å²) < 4.78 is 0. The number of rotatable bonds is 2. The fraction of sp³-hybridized carbons (Fsp3) is 1.00. The molecule has 0 spiro atoms. The van der Waals surface area contributed by atoms with Gasteiger partial charge in [-0.15, -0.1) is 0 Å².